The molecule has 2 aromatic rings. The molecule has 8 heteroatoms. The smallest absolute Gasteiger partial charge is 0.322 e. The largest absolute Gasteiger partial charge is 0.365 e. The van der Waals surface area contributed by atoms with E-state index in [1.807, 2.05) is 0 Å². The molecule has 0 bridgehead atoms. The lowest BCUT2D eigenvalue weighted by molar-refractivity contribution is 0.301. The number of hydrogen-bond acceptors (Lipinski definition) is 4. The third-order valence-corrected chi connectivity index (χ3v) is 3.68. The van der Waals surface area contributed by atoms with Gasteiger partial charge in [0.25, 0.3) is 0 Å². The van der Waals surface area contributed by atoms with Crippen LogP contribution in [-0.4, -0.2) is 19.8 Å². The van der Waals surface area contributed by atoms with Crippen LogP contribution in [0.1, 0.15) is 11.6 Å². The number of alkyl halides is 1. The lowest BCUT2D eigenvalue weighted by atomic mass is 10.4. The summed E-state index contributed by atoms with van der Waals surface area (Å²) in [7, 11) is -4.80. The molecule has 1 unspecified atom stereocenters. The molecule has 17 heavy (non-hydrogen) atoms. The Morgan fingerprint density at radius 3 is 2.76 bits per heavy atom. The van der Waals surface area contributed by atoms with Crippen LogP contribution < -0.4 is 0 Å². The van der Waals surface area contributed by atoms with Crippen molar-refractivity contribution in [2.75, 3.05) is 0 Å². The van der Waals surface area contributed by atoms with Crippen molar-refractivity contribution >= 4 is 18.9 Å². The highest BCUT2D eigenvalue weighted by Gasteiger charge is 2.32. The van der Waals surface area contributed by atoms with Gasteiger partial charge in [0, 0.05) is 11.6 Å². The molecule has 2 N–H and O–H groups in total. The van der Waals surface area contributed by atoms with Gasteiger partial charge in [-0.3, -0.25) is 9.55 Å². The van der Waals surface area contributed by atoms with Crippen molar-refractivity contribution in [3.63, 3.8) is 0 Å². The summed E-state index contributed by atoms with van der Waals surface area (Å²) in [5.41, 5.74) is 0.283. The molecule has 0 aromatic carbocycles. The molecule has 5 nitrogen and oxygen atoms in total. The minimum absolute atomic E-state index is 0.260. The van der Waals surface area contributed by atoms with Crippen molar-refractivity contribution < 1.29 is 18.7 Å². The van der Waals surface area contributed by atoms with Crippen LogP contribution in [0.25, 0.3) is 10.7 Å². The number of pyridine rings is 1. The highest BCUT2D eigenvalue weighted by molar-refractivity contribution is 7.52. The Labute approximate surface area is 100 Å². The molecule has 1 atom stereocenters. The van der Waals surface area contributed by atoms with Crippen molar-refractivity contribution in [2.45, 2.75) is 5.91 Å². The van der Waals surface area contributed by atoms with E-state index in [9.17, 15) is 8.96 Å². The SMILES string of the molecule is O=P(O)(O)C(F)c1csc(-c2ccccn2)n1. The normalized spacial score (nSPS) is 13.6. The quantitative estimate of drug-likeness (QED) is 0.839. The summed E-state index contributed by atoms with van der Waals surface area (Å²) in [6, 6.07) is 5.16. The third kappa shape index (κ3) is 2.76. The van der Waals surface area contributed by atoms with E-state index < -0.39 is 13.5 Å². The number of hydrogen-bond donors (Lipinski definition) is 2. The van der Waals surface area contributed by atoms with Gasteiger partial charge in [-0.05, 0) is 12.1 Å². The highest BCUT2D eigenvalue weighted by atomic mass is 32.1. The second kappa shape index (κ2) is 4.62. The summed E-state index contributed by atoms with van der Waals surface area (Å²) in [6.45, 7) is 0. The summed E-state index contributed by atoms with van der Waals surface area (Å²) in [4.78, 5) is 25.3. The van der Waals surface area contributed by atoms with Crippen LogP contribution in [0.4, 0.5) is 4.39 Å². The van der Waals surface area contributed by atoms with Crippen LogP contribution in [0.2, 0.25) is 0 Å². The van der Waals surface area contributed by atoms with Crippen LogP contribution in [0.5, 0.6) is 0 Å². The maximum Gasteiger partial charge on any atom is 0.365 e. The predicted octanol–water partition coefficient (Wildman–Crippen LogP) is 2.35. The summed E-state index contributed by atoms with van der Waals surface area (Å²) in [6.07, 6.45) is 1.56. The zero-order valence-electron chi connectivity index (χ0n) is 8.39. The zero-order valence-corrected chi connectivity index (χ0v) is 10.1. The first-order chi connectivity index (χ1) is 7.98. The zero-order chi connectivity index (χ0) is 12.5. The Kier molecular flexibility index (Phi) is 3.35. The Morgan fingerprint density at radius 2 is 2.18 bits per heavy atom. The first kappa shape index (κ1) is 12.3. The van der Waals surface area contributed by atoms with E-state index in [1.54, 1.807) is 24.4 Å². The van der Waals surface area contributed by atoms with Gasteiger partial charge in [-0.25, -0.2) is 9.37 Å². The van der Waals surface area contributed by atoms with Crippen LogP contribution in [-0.2, 0) is 4.57 Å². The number of rotatable bonds is 3. The van der Waals surface area contributed by atoms with E-state index in [4.69, 9.17) is 9.79 Å². The lowest BCUT2D eigenvalue weighted by Crippen LogP contribution is -1.93. The molecule has 2 aromatic heterocycles. The van der Waals surface area contributed by atoms with E-state index in [-0.39, 0.29) is 5.69 Å². The highest BCUT2D eigenvalue weighted by Crippen LogP contribution is 2.52. The maximum absolute atomic E-state index is 13.3. The molecular weight excluding hydrogens is 266 g/mol. The van der Waals surface area contributed by atoms with Gasteiger partial charge in [-0.1, -0.05) is 6.07 Å². The van der Waals surface area contributed by atoms with Crippen molar-refractivity contribution in [3.8, 4) is 10.7 Å². The molecule has 0 radical (unpaired) electrons. The second-order valence-electron chi connectivity index (χ2n) is 3.22. The minimum Gasteiger partial charge on any atom is -0.322 e. The van der Waals surface area contributed by atoms with Gasteiger partial charge in [-0.2, -0.15) is 0 Å². The average Bonchev–Trinajstić information content (AvgIpc) is 2.77. The monoisotopic (exact) mass is 274 g/mol. The fraction of sp³-hybridized carbons (Fsp3) is 0.111. The van der Waals surface area contributed by atoms with Gasteiger partial charge in [-0.15, -0.1) is 11.3 Å². The van der Waals surface area contributed by atoms with Gasteiger partial charge in [0.15, 0.2) is 0 Å². The lowest BCUT2D eigenvalue weighted by Gasteiger charge is -2.06. The molecule has 0 spiro atoms. The molecule has 0 aliphatic heterocycles. The van der Waals surface area contributed by atoms with E-state index in [0.29, 0.717) is 10.7 Å². The standard InChI is InChI=1S/C9H8FN2O3PS/c10-8(16(13,14)15)7-5-17-9(12-7)6-3-1-2-4-11-6/h1-5,8H,(H2,13,14,15). The Hall–Kier alpha value is -1.14. The Balaban J connectivity index is 2.32. The fourth-order valence-electron chi connectivity index (χ4n) is 1.17. The predicted molar refractivity (Wildman–Crippen MR) is 61.2 cm³/mol. The summed E-state index contributed by atoms with van der Waals surface area (Å²) >= 11 is 1.09. The van der Waals surface area contributed by atoms with Crippen LogP contribution in [0.3, 0.4) is 0 Å². The first-order valence-corrected chi connectivity index (χ1v) is 7.11. The van der Waals surface area contributed by atoms with Crippen molar-refractivity contribution in [1.82, 2.24) is 9.97 Å². The minimum atomic E-state index is -4.80. The molecule has 0 aliphatic carbocycles. The van der Waals surface area contributed by atoms with E-state index >= 15 is 0 Å². The van der Waals surface area contributed by atoms with E-state index in [2.05, 4.69) is 9.97 Å². The number of aromatic nitrogens is 2. The number of thiazole rings is 1. The molecular formula is C9H8FN2O3PS. The molecule has 0 amide bonds. The molecule has 0 saturated carbocycles. The van der Waals surface area contributed by atoms with Crippen molar-refractivity contribution in [2.24, 2.45) is 0 Å². The summed E-state index contributed by atoms with van der Waals surface area (Å²) < 4.78 is 24.1. The van der Waals surface area contributed by atoms with Crippen molar-refractivity contribution in [3.05, 3.63) is 35.5 Å². The van der Waals surface area contributed by atoms with Crippen LogP contribution >= 0.6 is 18.9 Å². The second-order valence-corrected chi connectivity index (χ2v) is 5.71. The van der Waals surface area contributed by atoms with Gasteiger partial charge in [0.05, 0.1) is 11.4 Å². The Bertz CT molecular complexity index is 556. The topological polar surface area (TPSA) is 83.3 Å². The third-order valence-electron chi connectivity index (χ3n) is 1.95. The van der Waals surface area contributed by atoms with Gasteiger partial charge in [0.2, 0.25) is 5.91 Å². The Morgan fingerprint density at radius 1 is 1.41 bits per heavy atom. The van der Waals surface area contributed by atoms with Gasteiger partial charge >= 0.3 is 7.60 Å². The first-order valence-electron chi connectivity index (χ1n) is 4.54. The molecule has 2 heterocycles. The van der Waals surface area contributed by atoms with E-state index in [1.165, 1.54) is 5.38 Å². The molecule has 2 rings (SSSR count). The van der Waals surface area contributed by atoms with Crippen LogP contribution in [0.15, 0.2) is 29.8 Å². The molecule has 0 aliphatic rings. The summed E-state index contributed by atoms with van der Waals surface area (Å²) in [5.74, 6) is -2.38. The maximum atomic E-state index is 13.3. The van der Waals surface area contributed by atoms with Gasteiger partial charge < -0.3 is 9.79 Å². The van der Waals surface area contributed by atoms with E-state index in [0.717, 1.165) is 11.3 Å². The molecule has 0 fully saturated rings. The number of nitrogens with zero attached hydrogens (tertiary/aromatic N) is 2. The fourth-order valence-corrected chi connectivity index (χ4v) is 2.56. The molecule has 90 valence electrons. The van der Waals surface area contributed by atoms with Crippen molar-refractivity contribution in [1.29, 1.82) is 0 Å². The average molecular weight is 274 g/mol. The van der Waals surface area contributed by atoms with Crippen LogP contribution in [0, 0.1) is 0 Å². The summed E-state index contributed by atoms with van der Waals surface area (Å²) in [5, 5.41) is 1.71. The molecule has 0 saturated heterocycles. The van der Waals surface area contributed by atoms with Gasteiger partial charge in [0.1, 0.15) is 5.01 Å². The number of halogens is 1.